The van der Waals surface area contributed by atoms with Gasteiger partial charge in [-0.25, -0.2) is 0 Å². The molecule has 2 rings (SSSR count). The van der Waals surface area contributed by atoms with Gasteiger partial charge in [-0.15, -0.1) is 11.3 Å². The molecular weight excluding hydrogens is 354 g/mol. The van der Waals surface area contributed by atoms with Crippen LogP contribution in [0.15, 0.2) is 38.6 Å². The quantitative estimate of drug-likeness (QED) is 0.847. The molecule has 0 unspecified atom stereocenters. The van der Waals surface area contributed by atoms with E-state index in [9.17, 15) is 5.11 Å². The molecule has 0 saturated carbocycles. The first-order valence-corrected chi connectivity index (χ1v) is 7.03. The zero-order valence-electron chi connectivity index (χ0n) is 8.15. The van der Waals surface area contributed by atoms with Gasteiger partial charge < -0.3 is 10.8 Å². The first-order chi connectivity index (χ1) is 7.59. The van der Waals surface area contributed by atoms with Crippen molar-refractivity contribution >= 4 is 43.2 Å². The number of phenols is 1. The molecule has 2 aromatic rings. The predicted octanol–water partition coefficient (Wildman–Crippen LogP) is 4.03. The Hall–Kier alpha value is -0.360. The second-order valence-corrected chi connectivity index (χ2v) is 6.01. The molecule has 0 aliphatic carbocycles. The number of nitrogens with two attached hydrogens (primary N) is 1. The Kier molecular flexibility index (Phi) is 3.69. The molecule has 0 saturated heterocycles. The van der Waals surface area contributed by atoms with E-state index in [1.807, 2.05) is 29.6 Å². The van der Waals surface area contributed by atoms with Gasteiger partial charge in [-0.05, 0) is 61.0 Å². The van der Waals surface area contributed by atoms with E-state index in [2.05, 4.69) is 31.9 Å². The molecule has 5 heteroatoms. The van der Waals surface area contributed by atoms with Crippen molar-refractivity contribution in [3.05, 3.63) is 49.0 Å². The van der Waals surface area contributed by atoms with Gasteiger partial charge in [0.1, 0.15) is 5.75 Å². The van der Waals surface area contributed by atoms with Gasteiger partial charge in [0.15, 0.2) is 0 Å². The van der Waals surface area contributed by atoms with Crippen LogP contribution in [-0.4, -0.2) is 5.11 Å². The fourth-order valence-electron chi connectivity index (χ4n) is 1.40. The van der Waals surface area contributed by atoms with E-state index in [4.69, 9.17) is 5.73 Å². The minimum atomic E-state index is -0.159. The van der Waals surface area contributed by atoms with Crippen molar-refractivity contribution in [1.29, 1.82) is 0 Å². The molecule has 1 atom stereocenters. The summed E-state index contributed by atoms with van der Waals surface area (Å²) in [6.07, 6.45) is 0. The molecule has 0 amide bonds. The molecule has 1 aromatic carbocycles. The van der Waals surface area contributed by atoms with E-state index in [1.54, 1.807) is 11.3 Å². The van der Waals surface area contributed by atoms with Crippen molar-refractivity contribution < 1.29 is 5.11 Å². The number of hydrogen-bond acceptors (Lipinski definition) is 3. The SMILES string of the molecule is N[C@@H](c1cc(Br)c(O)c(Br)c1)c1cccs1. The van der Waals surface area contributed by atoms with E-state index in [-0.39, 0.29) is 11.8 Å². The lowest BCUT2D eigenvalue weighted by Gasteiger charge is -2.12. The molecule has 0 radical (unpaired) electrons. The van der Waals surface area contributed by atoms with Gasteiger partial charge in [0.25, 0.3) is 0 Å². The predicted molar refractivity (Wildman–Crippen MR) is 73.9 cm³/mol. The van der Waals surface area contributed by atoms with E-state index < -0.39 is 0 Å². The molecule has 0 bridgehead atoms. The standard InChI is InChI=1S/C11H9Br2NOS/c12-7-4-6(5-8(13)11(7)15)10(14)9-2-1-3-16-9/h1-5,10,15H,14H2/t10-/m0/s1. The van der Waals surface area contributed by atoms with E-state index in [1.165, 1.54) is 0 Å². The van der Waals surface area contributed by atoms with Gasteiger partial charge in [0.2, 0.25) is 0 Å². The number of hydrogen-bond donors (Lipinski definition) is 2. The summed E-state index contributed by atoms with van der Waals surface area (Å²) in [5.74, 6) is 0.196. The largest absolute Gasteiger partial charge is 0.506 e. The Morgan fingerprint density at radius 2 is 1.88 bits per heavy atom. The van der Waals surface area contributed by atoms with Crippen LogP contribution in [0.2, 0.25) is 0 Å². The summed E-state index contributed by atoms with van der Waals surface area (Å²) < 4.78 is 1.28. The maximum Gasteiger partial charge on any atom is 0.143 e. The Labute approximate surface area is 114 Å². The lowest BCUT2D eigenvalue weighted by Crippen LogP contribution is -2.10. The highest BCUT2D eigenvalue weighted by molar-refractivity contribution is 9.11. The normalized spacial score (nSPS) is 12.7. The minimum Gasteiger partial charge on any atom is -0.506 e. The van der Waals surface area contributed by atoms with Crippen molar-refractivity contribution in [3.8, 4) is 5.75 Å². The monoisotopic (exact) mass is 361 g/mol. The third kappa shape index (κ3) is 2.32. The second-order valence-electron chi connectivity index (χ2n) is 3.33. The Morgan fingerprint density at radius 1 is 1.25 bits per heavy atom. The topological polar surface area (TPSA) is 46.2 Å². The number of benzene rings is 1. The highest BCUT2D eigenvalue weighted by Gasteiger charge is 2.13. The molecular formula is C11H9Br2NOS. The average Bonchev–Trinajstić information content (AvgIpc) is 2.77. The van der Waals surface area contributed by atoms with Gasteiger partial charge >= 0.3 is 0 Å². The summed E-state index contributed by atoms with van der Waals surface area (Å²) in [5.41, 5.74) is 7.09. The molecule has 1 aromatic heterocycles. The summed E-state index contributed by atoms with van der Waals surface area (Å²) >= 11 is 8.22. The highest BCUT2D eigenvalue weighted by atomic mass is 79.9. The van der Waals surface area contributed by atoms with Crippen molar-refractivity contribution in [3.63, 3.8) is 0 Å². The molecule has 2 nitrogen and oxygen atoms in total. The zero-order chi connectivity index (χ0) is 11.7. The molecule has 3 N–H and O–H groups in total. The third-order valence-electron chi connectivity index (χ3n) is 2.25. The zero-order valence-corrected chi connectivity index (χ0v) is 12.1. The molecule has 0 aliphatic heterocycles. The number of rotatable bonds is 2. The van der Waals surface area contributed by atoms with Crippen LogP contribution in [0.5, 0.6) is 5.75 Å². The minimum absolute atomic E-state index is 0.159. The van der Waals surface area contributed by atoms with Crippen molar-refractivity contribution in [1.82, 2.24) is 0 Å². The van der Waals surface area contributed by atoms with E-state index in [0.29, 0.717) is 8.95 Å². The third-order valence-corrected chi connectivity index (χ3v) is 4.41. The van der Waals surface area contributed by atoms with Crippen LogP contribution in [0.25, 0.3) is 0 Å². The van der Waals surface area contributed by atoms with Gasteiger partial charge in [0.05, 0.1) is 15.0 Å². The average molecular weight is 363 g/mol. The van der Waals surface area contributed by atoms with Crippen molar-refractivity contribution in [2.45, 2.75) is 6.04 Å². The fraction of sp³-hybridized carbons (Fsp3) is 0.0909. The van der Waals surface area contributed by atoms with Gasteiger partial charge in [-0.2, -0.15) is 0 Å². The molecule has 0 spiro atoms. The van der Waals surface area contributed by atoms with Crippen LogP contribution in [0, 0.1) is 0 Å². The summed E-state index contributed by atoms with van der Waals surface area (Å²) in [5, 5.41) is 11.6. The number of halogens is 2. The fourth-order valence-corrected chi connectivity index (χ4v) is 3.37. The Morgan fingerprint density at radius 3 is 2.38 bits per heavy atom. The lowest BCUT2D eigenvalue weighted by molar-refractivity contribution is 0.468. The van der Waals surface area contributed by atoms with Crippen LogP contribution < -0.4 is 5.73 Å². The van der Waals surface area contributed by atoms with Crippen LogP contribution in [0.4, 0.5) is 0 Å². The van der Waals surface area contributed by atoms with Crippen LogP contribution >= 0.6 is 43.2 Å². The molecule has 1 heterocycles. The van der Waals surface area contributed by atoms with Crippen molar-refractivity contribution in [2.75, 3.05) is 0 Å². The first-order valence-electron chi connectivity index (χ1n) is 4.56. The molecule has 0 fully saturated rings. The number of thiophene rings is 1. The Bertz CT molecular complexity index is 476. The Balaban J connectivity index is 2.42. The maximum atomic E-state index is 9.61. The van der Waals surface area contributed by atoms with Crippen LogP contribution in [0.3, 0.4) is 0 Å². The van der Waals surface area contributed by atoms with Gasteiger partial charge in [-0.3, -0.25) is 0 Å². The summed E-state index contributed by atoms with van der Waals surface area (Å²) in [7, 11) is 0. The summed E-state index contributed by atoms with van der Waals surface area (Å²) in [6.45, 7) is 0. The van der Waals surface area contributed by atoms with Gasteiger partial charge in [-0.1, -0.05) is 6.07 Å². The summed E-state index contributed by atoms with van der Waals surface area (Å²) in [4.78, 5) is 1.10. The van der Waals surface area contributed by atoms with Crippen LogP contribution in [-0.2, 0) is 0 Å². The lowest BCUT2D eigenvalue weighted by atomic mass is 10.1. The van der Waals surface area contributed by atoms with Crippen molar-refractivity contribution in [2.24, 2.45) is 5.73 Å². The number of aromatic hydroxyl groups is 1. The summed E-state index contributed by atoms with van der Waals surface area (Å²) in [6, 6.07) is 7.50. The van der Waals surface area contributed by atoms with E-state index in [0.717, 1.165) is 10.4 Å². The molecule has 84 valence electrons. The van der Waals surface area contributed by atoms with Gasteiger partial charge in [0, 0.05) is 4.88 Å². The molecule has 16 heavy (non-hydrogen) atoms. The molecule has 0 aliphatic rings. The van der Waals surface area contributed by atoms with Crippen LogP contribution in [0.1, 0.15) is 16.5 Å². The second kappa shape index (κ2) is 4.87. The highest BCUT2D eigenvalue weighted by Crippen LogP contribution is 2.36. The number of phenolic OH excluding ortho intramolecular Hbond substituents is 1. The van der Waals surface area contributed by atoms with E-state index >= 15 is 0 Å². The maximum absolute atomic E-state index is 9.61. The first kappa shape index (κ1) is 12.1. The smallest absolute Gasteiger partial charge is 0.143 e.